The predicted octanol–water partition coefficient (Wildman–Crippen LogP) is 3.24. The zero-order chi connectivity index (χ0) is 13.8. The van der Waals surface area contributed by atoms with Crippen LogP contribution in [0, 0.1) is 5.82 Å². The molecule has 2 rings (SSSR count). The van der Waals surface area contributed by atoms with Gasteiger partial charge in [0, 0.05) is 6.04 Å². The first kappa shape index (κ1) is 13.6. The molecular weight excluding hydrogens is 247 g/mol. The van der Waals surface area contributed by atoms with Crippen LogP contribution in [0.25, 0.3) is 0 Å². The van der Waals surface area contributed by atoms with Crippen molar-refractivity contribution in [3.63, 3.8) is 0 Å². The Morgan fingerprint density at radius 3 is 2.47 bits per heavy atom. The summed E-state index contributed by atoms with van der Waals surface area (Å²) in [5, 5.41) is 12.1. The van der Waals surface area contributed by atoms with Gasteiger partial charge in [0.2, 0.25) is 0 Å². The van der Waals surface area contributed by atoms with Crippen molar-refractivity contribution >= 4 is 17.3 Å². The highest BCUT2D eigenvalue weighted by molar-refractivity contribution is 5.90. The first-order valence-corrected chi connectivity index (χ1v) is 6.67. The second-order valence-corrected chi connectivity index (χ2v) is 5.06. The summed E-state index contributed by atoms with van der Waals surface area (Å²) in [7, 11) is 0. The topological polar surface area (TPSA) is 75.4 Å². The van der Waals surface area contributed by atoms with Crippen LogP contribution in [-0.4, -0.2) is 17.1 Å². The van der Waals surface area contributed by atoms with Gasteiger partial charge in [-0.1, -0.05) is 25.7 Å². The molecule has 0 aliphatic heterocycles. The number of carboxylic acids is 1. The molecule has 0 saturated heterocycles. The number of hydrogen-bond acceptors (Lipinski definition) is 3. The molecule has 0 heterocycles. The average Bonchev–Trinajstić information content (AvgIpc) is 2.61. The molecule has 1 aliphatic carbocycles. The lowest BCUT2D eigenvalue weighted by Crippen LogP contribution is -2.19. The lowest BCUT2D eigenvalue weighted by molar-refractivity contribution is 0.0692. The van der Waals surface area contributed by atoms with Crippen molar-refractivity contribution in [3.05, 3.63) is 23.5 Å². The second-order valence-electron chi connectivity index (χ2n) is 5.06. The lowest BCUT2D eigenvalue weighted by Gasteiger charge is -2.19. The van der Waals surface area contributed by atoms with Crippen LogP contribution in [0.15, 0.2) is 12.1 Å². The minimum atomic E-state index is -1.30. The van der Waals surface area contributed by atoms with E-state index < -0.39 is 11.8 Å². The first-order valence-electron chi connectivity index (χ1n) is 6.67. The Hall–Kier alpha value is -1.78. The number of aromatic carboxylic acids is 1. The van der Waals surface area contributed by atoms with E-state index >= 15 is 0 Å². The molecule has 1 fully saturated rings. The molecule has 1 aromatic carbocycles. The van der Waals surface area contributed by atoms with Crippen molar-refractivity contribution in [2.75, 3.05) is 11.1 Å². The summed E-state index contributed by atoms with van der Waals surface area (Å²) in [6.07, 6.45) is 6.88. The molecule has 0 amide bonds. The maximum atomic E-state index is 13.6. The van der Waals surface area contributed by atoms with Crippen LogP contribution in [0.5, 0.6) is 0 Å². The Kier molecular flexibility index (Phi) is 4.24. The van der Waals surface area contributed by atoms with Crippen LogP contribution in [0.2, 0.25) is 0 Å². The Balaban J connectivity index is 2.16. The number of nitrogens with one attached hydrogen (secondary N) is 1. The summed E-state index contributed by atoms with van der Waals surface area (Å²) in [6, 6.07) is 2.65. The van der Waals surface area contributed by atoms with E-state index in [1.54, 1.807) is 0 Å². The normalized spacial score (nSPS) is 16.9. The van der Waals surface area contributed by atoms with Crippen LogP contribution in [0.1, 0.15) is 48.9 Å². The van der Waals surface area contributed by atoms with Crippen molar-refractivity contribution in [2.24, 2.45) is 0 Å². The molecule has 0 aromatic heterocycles. The highest BCUT2D eigenvalue weighted by Gasteiger charge is 2.17. The Labute approximate surface area is 111 Å². The number of rotatable bonds is 3. The number of nitrogen functional groups attached to an aromatic ring is 1. The number of benzene rings is 1. The summed E-state index contributed by atoms with van der Waals surface area (Å²) in [5.41, 5.74) is 6.18. The summed E-state index contributed by atoms with van der Waals surface area (Å²) in [4.78, 5) is 10.8. The van der Waals surface area contributed by atoms with Crippen molar-refractivity contribution in [1.82, 2.24) is 0 Å². The van der Waals surface area contributed by atoms with Crippen LogP contribution in [0.4, 0.5) is 15.8 Å². The quantitative estimate of drug-likeness (QED) is 0.580. The van der Waals surface area contributed by atoms with Gasteiger partial charge in [-0.3, -0.25) is 0 Å². The summed E-state index contributed by atoms with van der Waals surface area (Å²) in [5.74, 6) is -2.05. The molecule has 1 saturated carbocycles. The number of hydrogen-bond donors (Lipinski definition) is 3. The number of anilines is 2. The summed E-state index contributed by atoms with van der Waals surface area (Å²) in [6.45, 7) is 0. The fourth-order valence-corrected chi connectivity index (χ4v) is 2.52. The van der Waals surface area contributed by atoms with Gasteiger partial charge in [-0.25, -0.2) is 9.18 Å². The van der Waals surface area contributed by atoms with Gasteiger partial charge in [0.1, 0.15) is 5.82 Å². The van der Waals surface area contributed by atoms with E-state index in [-0.39, 0.29) is 11.3 Å². The van der Waals surface area contributed by atoms with E-state index in [1.165, 1.54) is 25.0 Å². The van der Waals surface area contributed by atoms with Gasteiger partial charge in [-0.05, 0) is 25.0 Å². The molecule has 0 bridgehead atoms. The Morgan fingerprint density at radius 2 is 1.89 bits per heavy atom. The van der Waals surface area contributed by atoms with Gasteiger partial charge in [-0.15, -0.1) is 0 Å². The molecule has 0 atom stereocenters. The smallest absolute Gasteiger partial charge is 0.338 e. The molecule has 4 nitrogen and oxygen atoms in total. The number of carbonyl (C=O) groups is 1. The largest absolute Gasteiger partial charge is 0.478 e. The Morgan fingerprint density at radius 1 is 1.26 bits per heavy atom. The number of carboxylic acid groups (broad SMARTS) is 1. The summed E-state index contributed by atoms with van der Waals surface area (Å²) < 4.78 is 13.6. The third kappa shape index (κ3) is 3.36. The van der Waals surface area contributed by atoms with E-state index in [2.05, 4.69) is 5.32 Å². The highest BCUT2D eigenvalue weighted by Crippen LogP contribution is 2.27. The summed E-state index contributed by atoms with van der Waals surface area (Å²) >= 11 is 0. The van der Waals surface area contributed by atoms with Crippen LogP contribution >= 0.6 is 0 Å². The number of halogens is 1. The van der Waals surface area contributed by atoms with Crippen LogP contribution in [-0.2, 0) is 0 Å². The van der Waals surface area contributed by atoms with Gasteiger partial charge >= 0.3 is 5.97 Å². The zero-order valence-corrected chi connectivity index (χ0v) is 10.8. The monoisotopic (exact) mass is 266 g/mol. The molecule has 0 spiro atoms. The fraction of sp³-hybridized carbons (Fsp3) is 0.500. The van der Waals surface area contributed by atoms with Crippen molar-refractivity contribution in [1.29, 1.82) is 0 Å². The van der Waals surface area contributed by atoms with Gasteiger partial charge < -0.3 is 16.2 Å². The molecule has 19 heavy (non-hydrogen) atoms. The van der Waals surface area contributed by atoms with Gasteiger partial charge in [-0.2, -0.15) is 0 Å². The van der Waals surface area contributed by atoms with Crippen LogP contribution < -0.4 is 11.1 Å². The molecule has 1 aliphatic rings. The molecule has 104 valence electrons. The zero-order valence-electron chi connectivity index (χ0n) is 10.8. The predicted molar refractivity (Wildman–Crippen MR) is 72.9 cm³/mol. The SMILES string of the molecule is Nc1cc(C(=O)O)c(F)cc1NC1CCCCCC1. The molecule has 5 heteroatoms. The second kappa shape index (κ2) is 5.91. The van der Waals surface area contributed by atoms with Gasteiger partial charge in [0.05, 0.1) is 16.9 Å². The van der Waals surface area contributed by atoms with Crippen molar-refractivity contribution in [3.8, 4) is 0 Å². The third-order valence-electron chi connectivity index (χ3n) is 3.58. The fourth-order valence-electron chi connectivity index (χ4n) is 2.52. The van der Waals surface area contributed by atoms with Gasteiger partial charge in [0.25, 0.3) is 0 Å². The maximum Gasteiger partial charge on any atom is 0.338 e. The van der Waals surface area contributed by atoms with Crippen molar-refractivity contribution in [2.45, 2.75) is 44.6 Å². The third-order valence-corrected chi connectivity index (χ3v) is 3.58. The maximum absolute atomic E-state index is 13.6. The molecular formula is C14H19FN2O2. The van der Waals surface area contributed by atoms with Gasteiger partial charge in [0.15, 0.2) is 0 Å². The minimum absolute atomic E-state index is 0.281. The highest BCUT2D eigenvalue weighted by atomic mass is 19.1. The molecule has 0 unspecified atom stereocenters. The van der Waals surface area contributed by atoms with E-state index in [0.29, 0.717) is 11.7 Å². The number of nitrogens with two attached hydrogens (primary N) is 1. The molecule has 0 radical (unpaired) electrons. The molecule has 4 N–H and O–H groups in total. The minimum Gasteiger partial charge on any atom is -0.478 e. The van der Waals surface area contributed by atoms with E-state index in [1.807, 2.05) is 0 Å². The Bertz CT molecular complexity index is 469. The first-order chi connectivity index (χ1) is 9.08. The van der Waals surface area contributed by atoms with Crippen molar-refractivity contribution < 1.29 is 14.3 Å². The van der Waals surface area contributed by atoms with E-state index in [4.69, 9.17) is 10.8 Å². The van der Waals surface area contributed by atoms with E-state index in [0.717, 1.165) is 25.7 Å². The van der Waals surface area contributed by atoms with Crippen LogP contribution in [0.3, 0.4) is 0 Å². The lowest BCUT2D eigenvalue weighted by atomic mass is 10.1. The standard InChI is InChI=1S/C14H19FN2O2/c15-11-8-13(12(16)7-10(11)14(18)19)17-9-5-3-1-2-4-6-9/h7-9,17H,1-6,16H2,(H,18,19). The van der Waals surface area contributed by atoms with E-state index in [9.17, 15) is 9.18 Å². The molecule has 1 aromatic rings. The average molecular weight is 266 g/mol.